The second kappa shape index (κ2) is 10.2. The van der Waals surface area contributed by atoms with Gasteiger partial charge in [0.25, 0.3) is 10.1 Å². The number of hydrogen-bond donors (Lipinski definition) is 3. The van der Waals surface area contributed by atoms with Gasteiger partial charge in [-0.3, -0.25) is 4.55 Å². The van der Waals surface area contributed by atoms with Crippen molar-refractivity contribution in [2.45, 2.75) is 17.1 Å². The SMILES string of the molecule is O=S(=O)(O)c1ccc2cc(OCC(O)c3ccccc3)ccc2c1OCC(O)c1ccccc1. The highest BCUT2D eigenvalue weighted by atomic mass is 32.2. The van der Waals surface area contributed by atoms with Crippen molar-refractivity contribution in [1.82, 2.24) is 0 Å². The van der Waals surface area contributed by atoms with E-state index >= 15 is 0 Å². The standard InChI is InChI=1S/C26H24O7S/c27-23(18-7-3-1-4-8-18)16-32-21-12-13-22-20(15-21)11-14-25(34(29,30)31)26(22)33-17-24(28)19-9-5-2-6-10-19/h1-15,23-24,27-28H,16-17H2,(H,29,30,31). The largest absolute Gasteiger partial charge is 0.491 e. The summed E-state index contributed by atoms with van der Waals surface area (Å²) in [6, 6.07) is 25.6. The average Bonchev–Trinajstić information content (AvgIpc) is 2.85. The summed E-state index contributed by atoms with van der Waals surface area (Å²) in [4.78, 5) is -0.395. The highest BCUT2D eigenvalue weighted by molar-refractivity contribution is 7.86. The predicted octanol–water partition coefficient (Wildman–Crippen LogP) is 4.31. The maximum atomic E-state index is 12.0. The fourth-order valence-electron chi connectivity index (χ4n) is 3.58. The monoisotopic (exact) mass is 480 g/mol. The quantitative estimate of drug-likeness (QED) is 0.306. The van der Waals surface area contributed by atoms with Crippen molar-refractivity contribution in [3.63, 3.8) is 0 Å². The van der Waals surface area contributed by atoms with E-state index in [1.54, 1.807) is 54.6 Å². The second-order valence-electron chi connectivity index (χ2n) is 7.73. The Morgan fingerprint density at radius 3 is 1.82 bits per heavy atom. The summed E-state index contributed by atoms with van der Waals surface area (Å²) in [5.74, 6) is 0.406. The Kier molecular flexibility index (Phi) is 7.14. The van der Waals surface area contributed by atoms with E-state index in [2.05, 4.69) is 0 Å². The van der Waals surface area contributed by atoms with Gasteiger partial charge in [-0.2, -0.15) is 8.42 Å². The summed E-state index contributed by atoms with van der Waals surface area (Å²) >= 11 is 0. The second-order valence-corrected chi connectivity index (χ2v) is 9.12. The topological polar surface area (TPSA) is 113 Å². The van der Waals surface area contributed by atoms with Crippen LogP contribution in [0.15, 0.2) is 95.9 Å². The molecule has 0 fully saturated rings. The minimum absolute atomic E-state index is 0.0330. The van der Waals surface area contributed by atoms with E-state index in [0.717, 1.165) is 5.56 Å². The van der Waals surface area contributed by atoms with Crippen molar-refractivity contribution in [3.05, 3.63) is 102 Å². The van der Waals surface area contributed by atoms with E-state index in [0.29, 0.717) is 22.1 Å². The lowest BCUT2D eigenvalue weighted by atomic mass is 10.1. The van der Waals surface area contributed by atoms with Crippen molar-refractivity contribution in [3.8, 4) is 11.5 Å². The molecule has 0 aliphatic carbocycles. The van der Waals surface area contributed by atoms with Gasteiger partial charge in [0, 0.05) is 5.39 Å². The van der Waals surface area contributed by atoms with E-state index in [-0.39, 0.29) is 19.0 Å². The smallest absolute Gasteiger partial charge is 0.298 e. The Balaban J connectivity index is 1.58. The van der Waals surface area contributed by atoms with Gasteiger partial charge in [-0.05, 0) is 40.8 Å². The van der Waals surface area contributed by atoms with E-state index in [1.165, 1.54) is 12.1 Å². The molecule has 2 unspecified atom stereocenters. The molecule has 2 atom stereocenters. The fourth-order valence-corrected chi connectivity index (χ4v) is 4.22. The molecule has 7 nitrogen and oxygen atoms in total. The van der Waals surface area contributed by atoms with Crippen molar-refractivity contribution < 1.29 is 32.7 Å². The van der Waals surface area contributed by atoms with Crippen molar-refractivity contribution in [1.29, 1.82) is 0 Å². The van der Waals surface area contributed by atoms with Crippen LogP contribution in [0.2, 0.25) is 0 Å². The highest BCUT2D eigenvalue weighted by Crippen LogP contribution is 2.35. The molecule has 4 aromatic carbocycles. The van der Waals surface area contributed by atoms with Crippen LogP contribution in [0.5, 0.6) is 11.5 Å². The number of hydrogen-bond acceptors (Lipinski definition) is 6. The fraction of sp³-hybridized carbons (Fsp3) is 0.154. The summed E-state index contributed by atoms with van der Waals surface area (Å²) in [6.07, 6.45) is -1.80. The molecule has 0 saturated heterocycles. The van der Waals surface area contributed by atoms with Gasteiger partial charge >= 0.3 is 0 Å². The third kappa shape index (κ3) is 5.55. The Hall–Kier alpha value is -3.43. The van der Waals surface area contributed by atoms with Crippen molar-refractivity contribution >= 4 is 20.9 Å². The summed E-state index contributed by atoms with van der Waals surface area (Å²) in [5.41, 5.74) is 1.34. The number of fused-ring (bicyclic) bond motifs is 1. The summed E-state index contributed by atoms with van der Waals surface area (Å²) < 4.78 is 45.0. The van der Waals surface area contributed by atoms with Crippen LogP contribution < -0.4 is 9.47 Å². The molecule has 3 N–H and O–H groups in total. The van der Waals surface area contributed by atoms with Crippen molar-refractivity contribution in [2.24, 2.45) is 0 Å². The zero-order valence-corrected chi connectivity index (χ0v) is 18.9. The molecule has 0 amide bonds. The first-order valence-electron chi connectivity index (χ1n) is 10.6. The third-order valence-corrected chi connectivity index (χ3v) is 6.22. The molecule has 176 valence electrons. The number of aliphatic hydroxyl groups excluding tert-OH is 2. The van der Waals surface area contributed by atoms with E-state index in [4.69, 9.17) is 9.47 Å². The first-order valence-corrected chi connectivity index (χ1v) is 12.0. The van der Waals surface area contributed by atoms with E-state index < -0.39 is 27.2 Å². The summed E-state index contributed by atoms with van der Waals surface area (Å²) in [7, 11) is -4.57. The Bertz CT molecular complexity index is 1360. The molecule has 0 heterocycles. The normalized spacial score (nSPS) is 13.4. The third-order valence-electron chi connectivity index (χ3n) is 5.35. The van der Waals surface area contributed by atoms with Crippen LogP contribution >= 0.6 is 0 Å². The first kappa shape index (κ1) is 23.7. The molecule has 0 radical (unpaired) electrons. The molecule has 0 aliphatic rings. The Morgan fingerprint density at radius 1 is 0.706 bits per heavy atom. The molecule has 0 bridgehead atoms. The Morgan fingerprint density at radius 2 is 1.26 bits per heavy atom. The van der Waals surface area contributed by atoms with Crippen LogP contribution in [0.1, 0.15) is 23.3 Å². The Labute approximate surface area is 197 Å². The van der Waals surface area contributed by atoms with E-state index in [9.17, 15) is 23.2 Å². The molecule has 34 heavy (non-hydrogen) atoms. The lowest BCUT2D eigenvalue weighted by molar-refractivity contribution is 0.107. The molecule has 8 heteroatoms. The van der Waals surface area contributed by atoms with Gasteiger partial charge in [0.05, 0.1) is 0 Å². The highest BCUT2D eigenvalue weighted by Gasteiger charge is 2.21. The average molecular weight is 481 g/mol. The summed E-state index contributed by atoms with van der Waals surface area (Å²) in [6.45, 7) is -0.182. The molecule has 4 aromatic rings. The minimum atomic E-state index is -4.57. The molecule has 0 aromatic heterocycles. The van der Waals surface area contributed by atoms with Gasteiger partial charge < -0.3 is 19.7 Å². The lowest BCUT2D eigenvalue weighted by Crippen LogP contribution is -2.12. The minimum Gasteiger partial charge on any atom is -0.491 e. The van der Waals surface area contributed by atoms with Crippen LogP contribution in [-0.4, -0.2) is 36.4 Å². The molecular weight excluding hydrogens is 456 g/mol. The first-order chi connectivity index (χ1) is 16.3. The van der Waals surface area contributed by atoms with Gasteiger partial charge in [-0.15, -0.1) is 0 Å². The van der Waals surface area contributed by atoms with Gasteiger partial charge in [-0.25, -0.2) is 0 Å². The van der Waals surface area contributed by atoms with Gasteiger partial charge in [-0.1, -0.05) is 66.7 Å². The lowest BCUT2D eigenvalue weighted by Gasteiger charge is -2.17. The number of benzene rings is 4. The summed E-state index contributed by atoms with van der Waals surface area (Å²) in [5, 5.41) is 21.8. The molecule has 4 rings (SSSR count). The number of aliphatic hydroxyl groups is 2. The van der Waals surface area contributed by atoms with E-state index in [1.807, 2.05) is 24.3 Å². The zero-order valence-electron chi connectivity index (χ0n) is 18.1. The van der Waals surface area contributed by atoms with Crippen molar-refractivity contribution in [2.75, 3.05) is 13.2 Å². The maximum absolute atomic E-state index is 12.0. The molecule has 0 aliphatic heterocycles. The van der Waals surface area contributed by atoms with Crippen LogP contribution in [0.25, 0.3) is 10.8 Å². The van der Waals surface area contributed by atoms with Crippen LogP contribution in [0.4, 0.5) is 0 Å². The maximum Gasteiger partial charge on any atom is 0.298 e. The van der Waals surface area contributed by atoms with Crippen LogP contribution in [0, 0.1) is 0 Å². The number of ether oxygens (including phenoxy) is 2. The molecule has 0 saturated carbocycles. The van der Waals surface area contributed by atoms with Gasteiger partial charge in [0.2, 0.25) is 0 Å². The molecular formula is C26H24O7S. The number of rotatable bonds is 9. The van der Waals surface area contributed by atoms with Crippen LogP contribution in [0.3, 0.4) is 0 Å². The van der Waals surface area contributed by atoms with Gasteiger partial charge in [0.15, 0.2) is 0 Å². The zero-order chi connectivity index (χ0) is 24.1. The molecule has 0 spiro atoms. The predicted molar refractivity (Wildman–Crippen MR) is 128 cm³/mol. The van der Waals surface area contributed by atoms with Crippen LogP contribution in [-0.2, 0) is 10.1 Å². The van der Waals surface area contributed by atoms with Gasteiger partial charge in [0.1, 0.15) is 41.8 Å².